The van der Waals surface area contributed by atoms with Crippen molar-refractivity contribution in [2.75, 3.05) is 19.8 Å². The Kier molecular flexibility index (Phi) is 2.74. The number of halogens is 1. The molecule has 66 valence electrons. The van der Waals surface area contributed by atoms with E-state index in [1.54, 1.807) is 6.92 Å². The van der Waals surface area contributed by atoms with Crippen molar-refractivity contribution in [3.05, 3.63) is 0 Å². The maximum absolute atomic E-state index is 10.8. The predicted octanol–water partition coefficient (Wildman–Crippen LogP) is 0.191. The Hall–Kier alpha value is 0.160. The van der Waals surface area contributed by atoms with E-state index in [-0.39, 0.29) is 6.04 Å². The summed E-state index contributed by atoms with van der Waals surface area (Å²) in [5.74, 6) is 0. The molecule has 1 aliphatic rings. The molecule has 0 amide bonds. The second-order valence-electron chi connectivity index (χ2n) is 2.48. The Balaban J connectivity index is 2.70. The fourth-order valence-corrected chi connectivity index (χ4v) is 2.43. The van der Waals surface area contributed by atoms with Gasteiger partial charge in [-0.1, -0.05) is 0 Å². The van der Waals surface area contributed by atoms with Gasteiger partial charge in [-0.3, -0.25) is 0 Å². The Morgan fingerprint density at radius 2 is 2.27 bits per heavy atom. The van der Waals surface area contributed by atoms with Gasteiger partial charge in [-0.25, -0.2) is 0 Å². The molecule has 1 unspecified atom stereocenters. The van der Waals surface area contributed by atoms with Crippen LogP contribution in [0.15, 0.2) is 0 Å². The SMILES string of the molecule is CC1COCCN1S(=O)(=O)Cl. The van der Waals surface area contributed by atoms with Crippen LogP contribution >= 0.6 is 10.7 Å². The minimum Gasteiger partial charge on any atom is -0.378 e. The number of ether oxygens (including phenoxy) is 1. The average Bonchev–Trinajstić information content (AvgIpc) is 1.86. The van der Waals surface area contributed by atoms with Crippen LogP contribution in [0, 0.1) is 0 Å². The zero-order chi connectivity index (χ0) is 8.48. The van der Waals surface area contributed by atoms with Gasteiger partial charge >= 0.3 is 0 Å². The first kappa shape index (κ1) is 9.25. The summed E-state index contributed by atoms with van der Waals surface area (Å²) in [6.07, 6.45) is 0. The Morgan fingerprint density at radius 3 is 2.64 bits per heavy atom. The zero-order valence-electron chi connectivity index (χ0n) is 6.16. The molecule has 0 aromatic heterocycles. The van der Waals surface area contributed by atoms with E-state index < -0.39 is 9.24 Å². The molecule has 1 heterocycles. The van der Waals surface area contributed by atoms with Crippen LogP contribution in [0.4, 0.5) is 0 Å². The Labute approximate surface area is 70.6 Å². The lowest BCUT2D eigenvalue weighted by molar-refractivity contribution is 0.0403. The van der Waals surface area contributed by atoms with Crippen molar-refractivity contribution in [3.8, 4) is 0 Å². The van der Waals surface area contributed by atoms with Crippen LogP contribution in [0.5, 0.6) is 0 Å². The largest absolute Gasteiger partial charge is 0.378 e. The van der Waals surface area contributed by atoms with E-state index in [1.807, 2.05) is 0 Å². The standard InChI is InChI=1S/C5H10ClNO3S/c1-5-4-10-3-2-7(5)11(6,8)9/h5H,2-4H2,1H3. The van der Waals surface area contributed by atoms with Gasteiger partial charge in [0.15, 0.2) is 0 Å². The molecule has 0 spiro atoms. The number of rotatable bonds is 1. The van der Waals surface area contributed by atoms with Gasteiger partial charge in [0, 0.05) is 23.3 Å². The van der Waals surface area contributed by atoms with Crippen LogP contribution in [-0.2, 0) is 14.0 Å². The molecule has 4 nitrogen and oxygen atoms in total. The van der Waals surface area contributed by atoms with Crippen molar-refractivity contribution < 1.29 is 13.2 Å². The van der Waals surface area contributed by atoms with Crippen molar-refractivity contribution in [1.29, 1.82) is 0 Å². The summed E-state index contributed by atoms with van der Waals surface area (Å²) in [5, 5.41) is 0. The molecule has 0 N–H and O–H groups in total. The van der Waals surface area contributed by atoms with Gasteiger partial charge in [-0.2, -0.15) is 12.7 Å². The molecule has 0 aliphatic carbocycles. The quantitative estimate of drug-likeness (QED) is 0.567. The highest BCUT2D eigenvalue weighted by Gasteiger charge is 2.27. The molecule has 1 aliphatic heterocycles. The third kappa shape index (κ3) is 2.30. The molecule has 1 fully saturated rings. The van der Waals surface area contributed by atoms with Gasteiger partial charge in [-0.05, 0) is 6.92 Å². The molecule has 0 aromatic rings. The van der Waals surface area contributed by atoms with Gasteiger partial charge in [0.2, 0.25) is 0 Å². The van der Waals surface area contributed by atoms with Gasteiger partial charge in [-0.15, -0.1) is 0 Å². The van der Waals surface area contributed by atoms with Crippen molar-refractivity contribution >= 4 is 19.9 Å². The molecule has 1 atom stereocenters. The highest BCUT2D eigenvalue weighted by molar-refractivity contribution is 8.11. The lowest BCUT2D eigenvalue weighted by atomic mass is 10.3. The van der Waals surface area contributed by atoms with Crippen LogP contribution in [-0.4, -0.2) is 38.5 Å². The molecule has 11 heavy (non-hydrogen) atoms. The predicted molar refractivity (Wildman–Crippen MR) is 41.8 cm³/mol. The van der Waals surface area contributed by atoms with Crippen molar-refractivity contribution in [2.45, 2.75) is 13.0 Å². The van der Waals surface area contributed by atoms with Crippen molar-refractivity contribution in [2.24, 2.45) is 0 Å². The van der Waals surface area contributed by atoms with Crippen LogP contribution in [0.25, 0.3) is 0 Å². The molecular weight excluding hydrogens is 190 g/mol. The van der Waals surface area contributed by atoms with E-state index in [0.717, 1.165) is 0 Å². The summed E-state index contributed by atoms with van der Waals surface area (Å²) in [7, 11) is 1.60. The van der Waals surface area contributed by atoms with E-state index in [0.29, 0.717) is 19.8 Å². The molecular formula is C5H10ClNO3S. The van der Waals surface area contributed by atoms with Crippen LogP contribution in [0.2, 0.25) is 0 Å². The van der Waals surface area contributed by atoms with Gasteiger partial charge in [0.05, 0.1) is 13.2 Å². The molecule has 1 saturated heterocycles. The minimum atomic E-state index is -3.55. The Bertz CT molecular complexity index is 228. The topological polar surface area (TPSA) is 46.6 Å². The fraction of sp³-hybridized carbons (Fsp3) is 1.00. The van der Waals surface area contributed by atoms with E-state index in [4.69, 9.17) is 15.4 Å². The monoisotopic (exact) mass is 199 g/mol. The van der Waals surface area contributed by atoms with Crippen LogP contribution < -0.4 is 0 Å². The maximum Gasteiger partial charge on any atom is 0.300 e. The van der Waals surface area contributed by atoms with E-state index >= 15 is 0 Å². The number of morpholine rings is 1. The lowest BCUT2D eigenvalue weighted by Crippen LogP contribution is -2.45. The van der Waals surface area contributed by atoms with Gasteiger partial charge in [0.25, 0.3) is 9.24 Å². The van der Waals surface area contributed by atoms with Gasteiger partial charge < -0.3 is 4.74 Å². The highest BCUT2D eigenvalue weighted by atomic mass is 35.7. The molecule has 0 bridgehead atoms. The second kappa shape index (κ2) is 3.26. The summed E-state index contributed by atoms with van der Waals surface area (Å²) in [6.45, 7) is 2.97. The van der Waals surface area contributed by atoms with Crippen molar-refractivity contribution in [1.82, 2.24) is 4.31 Å². The number of hydrogen-bond acceptors (Lipinski definition) is 3. The number of nitrogens with zero attached hydrogens (tertiary/aromatic N) is 1. The fourth-order valence-electron chi connectivity index (χ4n) is 1.04. The zero-order valence-corrected chi connectivity index (χ0v) is 7.73. The molecule has 1 rings (SSSR count). The molecule has 0 saturated carbocycles. The third-order valence-corrected chi connectivity index (χ3v) is 3.22. The Morgan fingerprint density at radius 1 is 1.64 bits per heavy atom. The first-order chi connectivity index (χ1) is 5.02. The van der Waals surface area contributed by atoms with Crippen LogP contribution in [0.3, 0.4) is 0 Å². The average molecular weight is 200 g/mol. The first-order valence-electron chi connectivity index (χ1n) is 3.31. The molecule has 0 radical (unpaired) electrons. The maximum atomic E-state index is 10.8. The summed E-state index contributed by atoms with van der Waals surface area (Å²) in [4.78, 5) is 0. The summed E-state index contributed by atoms with van der Waals surface area (Å²) < 4.78 is 27.9. The lowest BCUT2D eigenvalue weighted by Gasteiger charge is -2.29. The van der Waals surface area contributed by atoms with E-state index in [9.17, 15) is 8.42 Å². The normalized spacial score (nSPS) is 28.7. The first-order valence-corrected chi connectivity index (χ1v) is 5.57. The smallest absolute Gasteiger partial charge is 0.300 e. The van der Waals surface area contributed by atoms with Gasteiger partial charge in [0.1, 0.15) is 0 Å². The van der Waals surface area contributed by atoms with Crippen LogP contribution in [0.1, 0.15) is 6.92 Å². The van der Waals surface area contributed by atoms with E-state index in [2.05, 4.69) is 0 Å². The highest BCUT2D eigenvalue weighted by Crippen LogP contribution is 2.14. The molecule has 0 aromatic carbocycles. The molecule has 6 heteroatoms. The number of hydrogen-bond donors (Lipinski definition) is 0. The second-order valence-corrected chi connectivity index (χ2v) is 4.94. The van der Waals surface area contributed by atoms with Crippen molar-refractivity contribution in [3.63, 3.8) is 0 Å². The summed E-state index contributed by atoms with van der Waals surface area (Å²) >= 11 is 0. The summed E-state index contributed by atoms with van der Waals surface area (Å²) in [6, 6.07) is -0.147. The summed E-state index contributed by atoms with van der Waals surface area (Å²) in [5.41, 5.74) is 0. The third-order valence-electron chi connectivity index (χ3n) is 1.59. The van der Waals surface area contributed by atoms with E-state index in [1.165, 1.54) is 4.31 Å². The minimum absolute atomic E-state index is 0.147.